The Balaban J connectivity index is 1.68. The van der Waals surface area contributed by atoms with Gasteiger partial charge in [0.25, 0.3) is 0 Å². The van der Waals surface area contributed by atoms with Gasteiger partial charge in [-0.25, -0.2) is 4.98 Å². The van der Waals surface area contributed by atoms with Gasteiger partial charge in [0.1, 0.15) is 5.82 Å². The second-order valence-corrected chi connectivity index (χ2v) is 7.36. The van der Waals surface area contributed by atoms with E-state index in [4.69, 9.17) is 10.7 Å². The molecule has 2 N–H and O–H groups in total. The van der Waals surface area contributed by atoms with E-state index in [1.165, 1.54) is 22.4 Å². The van der Waals surface area contributed by atoms with Gasteiger partial charge in [-0.3, -0.25) is 0 Å². The maximum atomic E-state index is 6.28. The number of benzene rings is 2. The monoisotopic (exact) mass is 341 g/mol. The Morgan fingerprint density at radius 3 is 2.04 bits per heavy atom. The van der Waals surface area contributed by atoms with Crippen molar-refractivity contribution < 1.29 is 0 Å². The minimum absolute atomic E-state index is 0.333. The SMILES string of the molecule is Nc1cc2c3c(n1)C(c1ccccc1)CCN3CCC2c1ccccc1. The van der Waals surface area contributed by atoms with Crippen LogP contribution in [0.15, 0.2) is 66.7 Å². The highest BCUT2D eigenvalue weighted by Gasteiger charge is 2.35. The van der Waals surface area contributed by atoms with Gasteiger partial charge >= 0.3 is 0 Å². The molecule has 0 saturated carbocycles. The highest BCUT2D eigenvalue weighted by molar-refractivity contribution is 5.68. The van der Waals surface area contributed by atoms with E-state index in [9.17, 15) is 0 Å². The lowest BCUT2D eigenvalue weighted by atomic mass is 9.79. The van der Waals surface area contributed by atoms with Crippen LogP contribution in [0.25, 0.3) is 0 Å². The van der Waals surface area contributed by atoms with Crippen LogP contribution in [0.3, 0.4) is 0 Å². The molecule has 0 fully saturated rings. The van der Waals surface area contributed by atoms with Gasteiger partial charge in [0.2, 0.25) is 0 Å². The van der Waals surface area contributed by atoms with Crippen LogP contribution in [0.2, 0.25) is 0 Å². The summed E-state index contributed by atoms with van der Waals surface area (Å²) in [5.74, 6) is 1.38. The van der Waals surface area contributed by atoms with Crippen molar-refractivity contribution in [3.05, 3.63) is 89.1 Å². The minimum Gasteiger partial charge on any atom is -0.384 e. The van der Waals surface area contributed by atoms with Gasteiger partial charge in [-0.1, -0.05) is 60.7 Å². The highest BCUT2D eigenvalue weighted by atomic mass is 15.2. The molecule has 0 bridgehead atoms. The van der Waals surface area contributed by atoms with Crippen molar-refractivity contribution in [2.75, 3.05) is 23.7 Å². The molecule has 3 nitrogen and oxygen atoms in total. The summed E-state index contributed by atoms with van der Waals surface area (Å²) in [6.07, 6.45) is 2.23. The van der Waals surface area contributed by atoms with Gasteiger partial charge in [0.05, 0.1) is 11.4 Å². The average Bonchev–Trinajstić information content (AvgIpc) is 2.69. The molecule has 0 spiro atoms. The zero-order valence-corrected chi connectivity index (χ0v) is 14.8. The van der Waals surface area contributed by atoms with Crippen LogP contribution < -0.4 is 10.6 Å². The third kappa shape index (κ3) is 2.47. The maximum Gasteiger partial charge on any atom is 0.124 e. The molecule has 0 radical (unpaired) electrons. The van der Waals surface area contributed by atoms with Gasteiger partial charge in [-0.05, 0) is 35.6 Å². The molecule has 2 unspecified atom stereocenters. The van der Waals surface area contributed by atoms with E-state index >= 15 is 0 Å². The summed E-state index contributed by atoms with van der Waals surface area (Å²) >= 11 is 0. The van der Waals surface area contributed by atoms with Crippen LogP contribution in [-0.4, -0.2) is 18.1 Å². The first-order valence-electron chi connectivity index (χ1n) is 9.46. The number of nitrogen functional groups attached to an aromatic ring is 1. The number of rotatable bonds is 2. The third-order valence-corrected chi connectivity index (χ3v) is 5.87. The van der Waals surface area contributed by atoms with E-state index in [0.717, 1.165) is 31.6 Å². The fraction of sp³-hybridized carbons (Fsp3) is 0.261. The molecule has 2 aliphatic rings. The number of anilines is 2. The van der Waals surface area contributed by atoms with Crippen LogP contribution in [-0.2, 0) is 0 Å². The first kappa shape index (κ1) is 15.4. The quantitative estimate of drug-likeness (QED) is 0.744. The number of hydrogen-bond acceptors (Lipinski definition) is 3. The molecule has 130 valence electrons. The second-order valence-electron chi connectivity index (χ2n) is 7.36. The number of pyridine rings is 1. The summed E-state index contributed by atoms with van der Waals surface area (Å²) in [7, 11) is 0. The van der Waals surface area contributed by atoms with Crippen molar-refractivity contribution in [2.45, 2.75) is 24.7 Å². The summed E-state index contributed by atoms with van der Waals surface area (Å²) < 4.78 is 0. The Bertz CT molecular complexity index is 848. The van der Waals surface area contributed by atoms with Gasteiger partial charge < -0.3 is 10.6 Å². The summed E-state index contributed by atoms with van der Waals surface area (Å²) in [5.41, 5.74) is 12.8. The Morgan fingerprint density at radius 1 is 0.808 bits per heavy atom. The lowest BCUT2D eigenvalue weighted by Crippen LogP contribution is -2.38. The van der Waals surface area contributed by atoms with Crippen LogP contribution in [0.5, 0.6) is 0 Å². The lowest BCUT2D eigenvalue weighted by Gasteiger charge is -2.42. The van der Waals surface area contributed by atoms with Crippen LogP contribution >= 0.6 is 0 Å². The van der Waals surface area contributed by atoms with Gasteiger partial charge in [-0.15, -0.1) is 0 Å². The van der Waals surface area contributed by atoms with E-state index in [1.807, 2.05) is 0 Å². The average molecular weight is 341 g/mol. The van der Waals surface area contributed by atoms with Gasteiger partial charge in [-0.2, -0.15) is 0 Å². The summed E-state index contributed by atoms with van der Waals surface area (Å²) in [6, 6.07) is 23.7. The van der Waals surface area contributed by atoms with E-state index in [-0.39, 0.29) is 0 Å². The van der Waals surface area contributed by atoms with E-state index < -0.39 is 0 Å². The smallest absolute Gasteiger partial charge is 0.124 e. The Kier molecular flexibility index (Phi) is 3.66. The van der Waals surface area contributed by atoms with E-state index in [1.54, 1.807) is 0 Å². The molecule has 1 aromatic heterocycles. The van der Waals surface area contributed by atoms with Crippen molar-refractivity contribution in [2.24, 2.45) is 0 Å². The molecule has 0 saturated heterocycles. The third-order valence-electron chi connectivity index (χ3n) is 5.87. The van der Waals surface area contributed by atoms with Crippen molar-refractivity contribution in [3.8, 4) is 0 Å². The molecule has 3 heteroatoms. The van der Waals surface area contributed by atoms with Crippen LogP contribution in [0.1, 0.15) is 47.1 Å². The predicted molar refractivity (Wildman–Crippen MR) is 107 cm³/mol. The van der Waals surface area contributed by atoms with Crippen LogP contribution in [0.4, 0.5) is 11.5 Å². The Labute approximate surface area is 154 Å². The van der Waals surface area contributed by atoms with E-state index in [0.29, 0.717) is 17.7 Å². The molecule has 26 heavy (non-hydrogen) atoms. The fourth-order valence-electron chi connectivity index (χ4n) is 4.69. The molecule has 2 atom stereocenters. The topological polar surface area (TPSA) is 42.1 Å². The van der Waals surface area contributed by atoms with Crippen molar-refractivity contribution in [1.82, 2.24) is 4.98 Å². The summed E-state index contributed by atoms with van der Waals surface area (Å²) in [4.78, 5) is 7.35. The Hall–Kier alpha value is -2.81. The van der Waals surface area contributed by atoms with Gasteiger partial charge in [0, 0.05) is 24.9 Å². The molecule has 2 aromatic carbocycles. The Morgan fingerprint density at radius 2 is 1.38 bits per heavy atom. The number of nitrogens with zero attached hydrogens (tertiary/aromatic N) is 2. The van der Waals surface area contributed by atoms with Crippen molar-refractivity contribution in [1.29, 1.82) is 0 Å². The van der Waals surface area contributed by atoms with Crippen LogP contribution in [0, 0.1) is 0 Å². The zero-order chi connectivity index (χ0) is 17.5. The summed E-state index contributed by atoms with van der Waals surface area (Å²) in [5, 5.41) is 0. The second kappa shape index (κ2) is 6.17. The zero-order valence-electron chi connectivity index (χ0n) is 14.8. The normalized spacial score (nSPS) is 21.3. The number of aromatic nitrogens is 1. The van der Waals surface area contributed by atoms with Crippen molar-refractivity contribution in [3.63, 3.8) is 0 Å². The first-order valence-corrected chi connectivity index (χ1v) is 9.46. The minimum atomic E-state index is 0.333. The number of hydrogen-bond donors (Lipinski definition) is 1. The summed E-state index contributed by atoms with van der Waals surface area (Å²) in [6.45, 7) is 2.18. The van der Waals surface area contributed by atoms with Crippen molar-refractivity contribution >= 4 is 11.5 Å². The molecule has 2 aliphatic heterocycles. The number of nitrogens with two attached hydrogens (primary N) is 1. The standard InChI is InChI=1S/C23H23N3/c24-21-15-20-18(16-7-3-1-4-8-16)11-13-26-14-12-19(22(25-21)23(20)26)17-9-5-2-6-10-17/h1-10,15,18-19H,11-14H2,(H2,24,25). The highest BCUT2D eigenvalue weighted by Crippen LogP contribution is 2.47. The predicted octanol–water partition coefficient (Wildman–Crippen LogP) is 4.54. The largest absolute Gasteiger partial charge is 0.384 e. The molecule has 3 aromatic rings. The fourth-order valence-corrected chi connectivity index (χ4v) is 4.69. The molecule has 5 rings (SSSR count). The molecular weight excluding hydrogens is 318 g/mol. The molecule has 0 amide bonds. The maximum absolute atomic E-state index is 6.28. The van der Waals surface area contributed by atoms with E-state index in [2.05, 4.69) is 71.6 Å². The molecule has 3 heterocycles. The van der Waals surface area contributed by atoms with Gasteiger partial charge in [0.15, 0.2) is 0 Å². The lowest BCUT2D eigenvalue weighted by molar-refractivity contribution is 0.562. The molecule has 0 aliphatic carbocycles. The first-order chi connectivity index (χ1) is 12.8. The molecular formula is C23H23N3.